The Morgan fingerprint density at radius 1 is 0.875 bits per heavy atom. The highest BCUT2D eigenvalue weighted by atomic mass is 32.2. The Bertz CT molecular complexity index is 505. The molecule has 0 aromatic heterocycles. The lowest BCUT2D eigenvalue weighted by Gasteiger charge is -2.45. The molecule has 24 heavy (non-hydrogen) atoms. The first-order valence-electron chi connectivity index (χ1n) is 9.13. The van der Waals surface area contributed by atoms with E-state index in [0.717, 1.165) is 6.42 Å². The summed E-state index contributed by atoms with van der Waals surface area (Å²) < 4.78 is 13.5. The van der Waals surface area contributed by atoms with E-state index in [1.807, 2.05) is 0 Å². The molecule has 0 spiro atoms. The highest BCUT2D eigenvalue weighted by molar-refractivity contribution is 8.14. The molecule has 2 aliphatic rings. The Labute approximate surface area is 154 Å². The monoisotopic (exact) mass is 388 g/mol. The van der Waals surface area contributed by atoms with Crippen molar-refractivity contribution in [1.29, 1.82) is 0 Å². The summed E-state index contributed by atoms with van der Waals surface area (Å²) in [4.78, 5) is 12.3. The minimum absolute atomic E-state index is 0.0314. The van der Waals surface area contributed by atoms with Crippen LogP contribution >= 0.6 is 11.8 Å². The third-order valence-corrected chi connectivity index (χ3v) is 16.9. The van der Waals surface area contributed by atoms with Crippen molar-refractivity contribution in [2.75, 3.05) is 0 Å². The second kappa shape index (κ2) is 6.22. The first-order valence-corrected chi connectivity index (χ1v) is 15.8. The summed E-state index contributed by atoms with van der Waals surface area (Å²) in [6.07, 6.45) is 0.966. The zero-order valence-corrected chi connectivity index (χ0v) is 20.0. The molecule has 1 aliphatic carbocycles. The molecule has 6 heteroatoms. The molecule has 0 amide bonds. The fraction of sp³-hybridized carbons (Fsp3) is 0.944. The SMILES string of the molecule is CC(C)(C)[Si](C)(C)O[C@@H]1[C@H](O[Si](C)(C)C(C)(C)C)[C@@H]2C[C@H]1SC2=O. The quantitative estimate of drug-likeness (QED) is 0.602. The van der Waals surface area contributed by atoms with Gasteiger partial charge in [0.1, 0.15) is 0 Å². The molecule has 2 bridgehead atoms. The second-order valence-corrected chi connectivity index (χ2v) is 21.3. The van der Waals surface area contributed by atoms with Gasteiger partial charge in [0.15, 0.2) is 21.8 Å². The molecule has 2 fully saturated rings. The molecule has 0 N–H and O–H groups in total. The Morgan fingerprint density at radius 2 is 1.29 bits per heavy atom. The highest BCUT2D eigenvalue weighted by Crippen LogP contribution is 2.52. The zero-order valence-electron chi connectivity index (χ0n) is 17.1. The van der Waals surface area contributed by atoms with E-state index in [1.54, 1.807) is 0 Å². The lowest BCUT2D eigenvalue weighted by Crippen LogP contribution is -2.54. The smallest absolute Gasteiger partial charge is 0.195 e. The van der Waals surface area contributed by atoms with Crippen LogP contribution in [0.15, 0.2) is 0 Å². The van der Waals surface area contributed by atoms with E-state index < -0.39 is 16.6 Å². The van der Waals surface area contributed by atoms with Gasteiger partial charge >= 0.3 is 0 Å². The lowest BCUT2D eigenvalue weighted by molar-refractivity contribution is -0.117. The number of fused-ring (bicyclic) bond motifs is 2. The molecule has 1 heterocycles. The van der Waals surface area contributed by atoms with Gasteiger partial charge in [0.05, 0.1) is 18.1 Å². The molecule has 0 aromatic carbocycles. The molecule has 140 valence electrons. The normalized spacial score (nSPS) is 31.8. The second-order valence-electron chi connectivity index (χ2n) is 10.5. The minimum Gasteiger partial charge on any atom is -0.411 e. The highest BCUT2D eigenvalue weighted by Gasteiger charge is 2.58. The van der Waals surface area contributed by atoms with Crippen molar-refractivity contribution in [1.82, 2.24) is 0 Å². The fourth-order valence-electron chi connectivity index (χ4n) is 2.87. The van der Waals surface area contributed by atoms with Crippen LogP contribution in [0.1, 0.15) is 48.0 Å². The van der Waals surface area contributed by atoms with Gasteiger partial charge in [0.25, 0.3) is 0 Å². The summed E-state index contributed by atoms with van der Waals surface area (Å²) in [5.41, 5.74) is 0. The maximum absolute atomic E-state index is 12.3. The van der Waals surface area contributed by atoms with E-state index in [2.05, 4.69) is 67.7 Å². The van der Waals surface area contributed by atoms with Crippen molar-refractivity contribution in [3.8, 4) is 0 Å². The van der Waals surface area contributed by atoms with Crippen LogP contribution < -0.4 is 0 Å². The average Bonchev–Trinajstić information content (AvgIpc) is 2.84. The van der Waals surface area contributed by atoms with E-state index in [9.17, 15) is 4.79 Å². The molecular weight excluding hydrogens is 352 g/mol. The van der Waals surface area contributed by atoms with Gasteiger partial charge in [-0.15, -0.1) is 0 Å². The van der Waals surface area contributed by atoms with Crippen molar-refractivity contribution in [3.63, 3.8) is 0 Å². The molecule has 1 saturated carbocycles. The molecule has 3 nitrogen and oxygen atoms in total. The average molecular weight is 389 g/mol. The maximum Gasteiger partial charge on any atom is 0.195 e. The molecule has 1 aliphatic heterocycles. The molecule has 1 saturated heterocycles. The zero-order chi connectivity index (χ0) is 18.7. The first-order chi connectivity index (χ1) is 10.6. The summed E-state index contributed by atoms with van der Waals surface area (Å²) in [5, 5.41) is 0.919. The van der Waals surface area contributed by atoms with Gasteiger partial charge in [-0.25, -0.2) is 0 Å². The van der Waals surface area contributed by atoms with Crippen molar-refractivity contribution in [3.05, 3.63) is 0 Å². The van der Waals surface area contributed by atoms with Crippen molar-refractivity contribution in [2.45, 2.75) is 102 Å². The van der Waals surface area contributed by atoms with Crippen molar-refractivity contribution in [2.24, 2.45) is 5.92 Å². The van der Waals surface area contributed by atoms with Crippen LogP contribution in [0.5, 0.6) is 0 Å². The molecule has 0 aromatic rings. The number of thioether (sulfide) groups is 1. The van der Waals surface area contributed by atoms with Gasteiger partial charge in [0.2, 0.25) is 0 Å². The van der Waals surface area contributed by atoms with E-state index in [-0.39, 0.29) is 33.5 Å². The molecule has 4 atom stereocenters. The summed E-state index contributed by atoms with van der Waals surface area (Å²) in [6, 6.07) is 0. The van der Waals surface area contributed by atoms with Crippen LogP contribution in [0.25, 0.3) is 0 Å². The third-order valence-electron chi connectivity index (χ3n) is 6.62. The van der Waals surface area contributed by atoms with E-state index in [0.29, 0.717) is 5.12 Å². The van der Waals surface area contributed by atoms with Crippen LogP contribution in [-0.2, 0) is 13.6 Å². The van der Waals surface area contributed by atoms with Gasteiger partial charge in [-0.05, 0) is 42.7 Å². The topological polar surface area (TPSA) is 35.5 Å². The van der Waals surface area contributed by atoms with E-state index in [4.69, 9.17) is 8.85 Å². The van der Waals surface area contributed by atoms with E-state index >= 15 is 0 Å². The number of hydrogen-bond donors (Lipinski definition) is 0. The van der Waals surface area contributed by atoms with Crippen LogP contribution in [-0.4, -0.2) is 39.2 Å². The Balaban J connectivity index is 2.25. The fourth-order valence-corrected chi connectivity index (χ4v) is 6.98. The van der Waals surface area contributed by atoms with Crippen LogP contribution in [0, 0.1) is 5.92 Å². The Hall–Kier alpha value is 0.374. The van der Waals surface area contributed by atoms with Gasteiger partial charge < -0.3 is 8.85 Å². The van der Waals surface area contributed by atoms with Crippen LogP contribution in [0.2, 0.25) is 36.3 Å². The molecule has 2 rings (SSSR count). The number of carbonyl (C=O) groups is 1. The van der Waals surface area contributed by atoms with Crippen LogP contribution in [0.4, 0.5) is 0 Å². The summed E-state index contributed by atoms with van der Waals surface area (Å²) in [5.74, 6) is 0.0314. The van der Waals surface area contributed by atoms with Gasteiger partial charge in [-0.2, -0.15) is 0 Å². The summed E-state index contributed by atoms with van der Waals surface area (Å²) in [6.45, 7) is 22.7. The van der Waals surface area contributed by atoms with Gasteiger partial charge in [-0.3, -0.25) is 4.79 Å². The van der Waals surface area contributed by atoms with Crippen LogP contribution in [0.3, 0.4) is 0 Å². The molecule has 0 radical (unpaired) electrons. The maximum atomic E-state index is 12.3. The Morgan fingerprint density at radius 3 is 1.71 bits per heavy atom. The predicted octanol–water partition coefficient (Wildman–Crippen LogP) is 5.43. The Kier molecular flexibility index (Phi) is 5.36. The van der Waals surface area contributed by atoms with E-state index in [1.165, 1.54) is 11.8 Å². The summed E-state index contributed by atoms with van der Waals surface area (Å²) >= 11 is 1.51. The molecule has 0 unspecified atom stereocenters. The first kappa shape index (κ1) is 20.7. The predicted molar refractivity (Wildman–Crippen MR) is 109 cm³/mol. The molecular formula is C18H36O3SSi2. The summed E-state index contributed by atoms with van der Waals surface area (Å²) in [7, 11) is -3.81. The lowest BCUT2D eigenvalue weighted by atomic mass is 10.1. The van der Waals surface area contributed by atoms with Crippen molar-refractivity contribution < 1.29 is 13.6 Å². The third kappa shape index (κ3) is 3.73. The number of carbonyl (C=O) groups excluding carboxylic acids is 1. The largest absolute Gasteiger partial charge is 0.411 e. The number of rotatable bonds is 4. The van der Waals surface area contributed by atoms with Gasteiger partial charge in [-0.1, -0.05) is 53.3 Å². The standard InChI is InChI=1S/C18H36O3SSi2/c1-17(2,3)23(7,8)20-14-12-11-13(22-16(12)19)15(14)21-24(9,10)18(4,5)6/h12-15H,11H2,1-10H3/t12-,13+,14+,15-/m0/s1. The van der Waals surface area contributed by atoms with Crippen molar-refractivity contribution >= 4 is 33.5 Å². The minimum atomic E-state index is -1.93. The number of hydrogen-bond acceptors (Lipinski definition) is 4. The van der Waals surface area contributed by atoms with Gasteiger partial charge in [0, 0.05) is 5.25 Å².